The van der Waals surface area contributed by atoms with Crippen LogP contribution in [0.1, 0.15) is 16.7 Å². The topological polar surface area (TPSA) is 30.5 Å². The van der Waals surface area contributed by atoms with Gasteiger partial charge in [0, 0.05) is 18.7 Å². The van der Waals surface area contributed by atoms with Crippen LogP contribution < -0.4 is 14.8 Å². The summed E-state index contributed by atoms with van der Waals surface area (Å²) in [5.74, 6) is 1.80. The van der Waals surface area contributed by atoms with Crippen LogP contribution in [0.4, 0.5) is 0 Å². The first-order chi connectivity index (χ1) is 14.3. The van der Waals surface area contributed by atoms with E-state index in [0.717, 1.165) is 30.2 Å². The van der Waals surface area contributed by atoms with Gasteiger partial charge in [0.2, 0.25) is 0 Å². The minimum atomic E-state index is 0.560. The van der Waals surface area contributed by atoms with Crippen molar-refractivity contribution in [3.63, 3.8) is 0 Å². The molecule has 0 fully saturated rings. The van der Waals surface area contributed by atoms with Crippen LogP contribution >= 0.6 is 0 Å². The van der Waals surface area contributed by atoms with Gasteiger partial charge >= 0.3 is 0 Å². The van der Waals surface area contributed by atoms with Gasteiger partial charge in [0.25, 0.3) is 0 Å². The number of fused-ring (bicyclic) bond motifs is 1. The summed E-state index contributed by atoms with van der Waals surface area (Å²) in [4.78, 5) is 0. The molecule has 0 spiro atoms. The second-order valence-corrected chi connectivity index (χ2v) is 6.99. The first-order valence-corrected chi connectivity index (χ1v) is 9.84. The quantitative estimate of drug-likeness (QED) is 0.422. The van der Waals surface area contributed by atoms with E-state index in [9.17, 15) is 0 Å². The summed E-state index contributed by atoms with van der Waals surface area (Å²) < 4.78 is 11.4. The summed E-state index contributed by atoms with van der Waals surface area (Å²) in [7, 11) is 1.69. The Bertz CT molecular complexity index is 1060. The van der Waals surface area contributed by atoms with Crippen molar-refractivity contribution in [2.24, 2.45) is 0 Å². The number of methoxy groups -OCH3 is 1. The van der Waals surface area contributed by atoms with Crippen molar-refractivity contribution in [1.29, 1.82) is 0 Å². The molecule has 0 heterocycles. The molecule has 4 rings (SSSR count). The Morgan fingerprint density at radius 3 is 2.24 bits per heavy atom. The van der Waals surface area contributed by atoms with Crippen molar-refractivity contribution in [3.8, 4) is 11.5 Å². The van der Waals surface area contributed by atoms with Gasteiger partial charge in [0.1, 0.15) is 18.1 Å². The van der Waals surface area contributed by atoms with Crippen LogP contribution in [-0.4, -0.2) is 7.11 Å². The highest BCUT2D eigenvalue weighted by molar-refractivity contribution is 5.87. The summed E-state index contributed by atoms with van der Waals surface area (Å²) in [5.41, 5.74) is 3.57. The van der Waals surface area contributed by atoms with E-state index >= 15 is 0 Å². The highest BCUT2D eigenvalue weighted by Gasteiger charge is 2.09. The molecule has 0 aromatic heterocycles. The maximum absolute atomic E-state index is 6.21. The van der Waals surface area contributed by atoms with Crippen LogP contribution in [0.25, 0.3) is 10.8 Å². The average Bonchev–Trinajstić information content (AvgIpc) is 2.79. The number of ether oxygens (including phenoxy) is 2. The molecule has 29 heavy (non-hydrogen) atoms. The van der Waals surface area contributed by atoms with Crippen molar-refractivity contribution in [2.45, 2.75) is 19.7 Å². The van der Waals surface area contributed by atoms with Gasteiger partial charge in [-0.2, -0.15) is 0 Å². The van der Waals surface area contributed by atoms with Crippen molar-refractivity contribution in [3.05, 3.63) is 108 Å². The maximum atomic E-state index is 6.21. The first kappa shape index (κ1) is 19.0. The Balaban J connectivity index is 1.51. The minimum Gasteiger partial charge on any atom is -0.497 e. The molecule has 4 aromatic carbocycles. The van der Waals surface area contributed by atoms with Crippen LogP contribution in [0.15, 0.2) is 91.0 Å². The third-order valence-electron chi connectivity index (χ3n) is 5.02. The van der Waals surface area contributed by atoms with E-state index in [1.165, 1.54) is 21.9 Å². The summed E-state index contributed by atoms with van der Waals surface area (Å²) >= 11 is 0. The minimum absolute atomic E-state index is 0.560. The zero-order valence-corrected chi connectivity index (χ0v) is 16.6. The highest BCUT2D eigenvalue weighted by Crippen LogP contribution is 2.29. The van der Waals surface area contributed by atoms with Gasteiger partial charge in [-0.15, -0.1) is 0 Å². The van der Waals surface area contributed by atoms with E-state index in [0.29, 0.717) is 6.61 Å². The van der Waals surface area contributed by atoms with Crippen LogP contribution in [-0.2, 0) is 19.7 Å². The number of rotatable bonds is 8. The van der Waals surface area contributed by atoms with Gasteiger partial charge in [-0.1, -0.05) is 72.8 Å². The predicted octanol–water partition coefficient (Wildman–Crippen LogP) is 5.72. The van der Waals surface area contributed by atoms with Gasteiger partial charge in [-0.3, -0.25) is 0 Å². The highest BCUT2D eigenvalue weighted by atomic mass is 16.5. The van der Waals surface area contributed by atoms with Crippen molar-refractivity contribution >= 4 is 10.8 Å². The van der Waals surface area contributed by atoms with Crippen LogP contribution in [0.2, 0.25) is 0 Å². The first-order valence-electron chi connectivity index (χ1n) is 9.84. The Hall–Kier alpha value is -3.30. The average molecular weight is 383 g/mol. The van der Waals surface area contributed by atoms with E-state index in [4.69, 9.17) is 9.47 Å². The van der Waals surface area contributed by atoms with Gasteiger partial charge in [0.05, 0.1) is 7.11 Å². The van der Waals surface area contributed by atoms with Crippen molar-refractivity contribution in [1.82, 2.24) is 5.32 Å². The lowest BCUT2D eigenvalue weighted by Gasteiger charge is -2.15. The Morgan fingerprint density at radius 2 is 1.45 bits per heavy atom. The van der Waals surface area contributed by atoms with E-state index in [-0.39, 0.29) is 0 Å². The second-order valence-electron chi connectivity index (χ2n) is 6.99. The Kier molecular flexibility index (Phi) is 6.08. The third-order valence-corrected chi connectivity index (χ3v) is 5.02. The van der Waals surface area contributed by atoms with Gasteiger partial charge in [0.15, 0.2) is 0 Å². The van der Waals surface area contributed by atoms with Crippen LogP contribution in [0.3, 0.4) is 0 Å². The fourth-order valence-corrected chi connectivity index (χ4v) is 3.44. The number of hydrogen-bond acceptors (Lipinski definition) is 3. The molecule has 0 atom stereocenters. The fourth-order valence-electron chi connectivity index (χ4n) is 3.44. The maximum Gasteiger partial charge on any atom is 0.124 e. The van der Waals surface area contributed by atoms with Crippen molar-refractivity contribution in [2.75, 3.05) is 7.11 Å². The Labute approximate surface area is 171 Å². The van der Waals surface area contributed by atoms with E-state index in [2.05, 4.69) is 66.0 Å². The van der Waals surface area contributed by atoms with E-state index in [1.54, 1.807) is 7.11 Å². The number of hydrogen-bond donors (Lipinski definition) is 1. The molecule has 0 bridgehead atoms. The predicted molar refractivity (Wildman–Crippen MR) is 118 cm³/mol. The molecule has 4 aromatic rings. The van der Waals surface area contributed by atoms with E-state index < -0.39 is 0 Å². The fraction of sp³-hybridized carbons (Fsp3) is 0.154. The third kappa shape index (κ3) is 4.76. The second kappa shape index (κ2) is 9.26. The summed E-state index contributed by atoms with van der Waals surface area (Å²) in [6.07, 6.45) is 0. The molecule has 0 amide bonds. The lowest BCUT2D eigenvalue weighted by Crippen LogP contribution is -2.14. The summed E-state index contributed by atoms with van der Waals surface area (Å²) in [6.45, 7) is 2.08. The zero-order chi connectivity index (χ0) is 19.9. The molecule has 3 nitrogen and oxygen atoms in total. The molecule has 0 unspecified atom stereocenters. The molecule has 0 saturated heterocycles. The Morgan fingerprint density at radius 1 is 0.690 bits per heavy atom. The zero-order valence-electron chi connectivity index (χ0n) is 16.6. The van der Waals surface area contributed by atoms with E-state index in [1.807, 2.05) is 30.3 Å². The number of nitrogens with one attached hydrogen (secondary N) is 1. The molecule has 1 N–H and O–H groups in total. The SMILES string of the molecule is COc1ccc(CNCc2c(OCc3ccccc3)ccc3ccccc23)cc1. The standard InChI is InChI=1S/C26H25NO2/c1-28-23-14-11-20(12-15-23)17-27-18-25-24-10-6-5-9-22(24)13-16-26(25)29-19-21-7-3-2-4-8-21/h2-16,27H,17-19H2,1H3. The van der Waals surface area contributed by atoms with Crippen LogP contribution in [0.5, 0.6) is 11.5 Å². The molecule has 0 aliphatic heterocycles. The summed E-state index contributed by atoms with van der Waals surface area (Å²) in [5, 5.41) is 6.01. The van der Waals surface area contributed by atoms with Crippen LogP contribution in [0, 0.1) is 0 Å². The van der Waals surface area contributed by atoms with Gasteiger partial charge < -0.3 is 14.8 Å². The monoisotopic (exact) mass is 383 g/mol. The molecular formula is C26H25NO2. The molecule has 0 radical (unpaired) electrons. The number of benzene rings is 4. The molecule has 0 aliphatic rings. The smallest absolute Gasteiger partial charge is 0.124 e. The lowest BCUT2D eigenvalue weighted by atomic mass is 10.0. The molecule has 3 heteroatoms. The lowest BCUT2D eigenvalue weighted by molar-refractivity contribution is 0.302. The summed E-state index contributed by atoms with van der Waals surface area (Å²) in [6, 6.07) is 31.1. The largest absolute Gasteiger partial charge is 0.497 e. The van der Waals surface area contributed by atoms with Gasteiger partial charge in [-0.05, 0) is 40.1 Å². The molecule has 0 saturated carbocycles. The molecule has 0 aliphatic carbocycles. The van der Waals surface area contributed by atoms with Gasteiger partial charge in [-0.25, -0.2) is 0 Å². The normalized spacial score (nSPS) is 10.8. The molecule has 146 valence electrons. The molecular weight excluding hydrogens is 358 g/mol. The van der Waals surface area contributed by atoms with Crippen molar-refractivity contribution < 1.29 is 9.47 Å².